The van der Waals surface area contributed by atoms with Gasteiger partial charge in [0.05, 0.1) is 27.8 Å². The predicted molar refractivity (Wildman–Crippen MR) is 338 cm³/mol. The van der Waals surface area contributed by atoms with Gasteiger partial charge in [-0.1, -0.05) is 168 Å². The molecule has 9 aromatic carbocycles. The number of hydrogen-bond donors (Lipinski definition) is 0. The van der Waals surface area contributed by atoms with E-state index in [-0.39, 0.29) is 0 Å². The van der Waals surface area contributed by atoms with Gasteiger partial charge in [-0.25, -0.2) is 34.9 Å². The average molecular weight is 1070 g/mol. The van der Waals surface area contributed by atoms with E-state index in [1.54, 1.807) is 0 Å². The lowest BCUT2D eigenvalue weighted by Crippen LogP contribution is -2.02. The maximum atomic E-state index is 5.30. The summed E-state index contributed by atoms with van der Waals surface area (Å²) in [7, 11) is 0. The highest BCUT2D eigenvalue weighted by Gasteiger charge is 2.22. The Labute approximate surface area is 479 Å². The molecule has 13 aromatic rings. The number of allylic oxidation sites excluding steroid dienone is 2. The van der Waals surface area contributed by atoms with Gasteiger partial charge in [-0.05, 0) is 168 Å². The normalized spacial score (nSPS) is 11.5. The molecule has 4 heterocycles. The molecule has 0 saturated carbocycles. The maximum absolute atomic E-state index is 5.30. The molecule has 13 rings (SSSR count). The molecule has 0 radical (unpaired) electrons. The lowest BCUT2D eigenvalue weighted by Gasteiger charge is -2.15. The van der Waals surface area contributed by atoms with Crippen LogP contribution in [0.3, 0.4) is 0 Å². The van der Waals surface area contributed by atoms with Gasteiger partial charge in [-0.3, -0.25) is 8.97 Å². The van der Waals surface area contributed by atoms with Crippen LogP contribution in [0.15, 0.2) is 200 Å². The summed E-state index contributed by atoms with van der Waals surface area (Å²) in [6.07, 6.45) is 4.00. The summed E-state index contributed by atoms with van der Waals surface area (Å²) < 4.78 is 4.55. The molecule has 9 nitrogen and oxygen atoms in total. The molecule has 0 spiro atoms. The quantitative estimate of drug-likeness (QED) is 0.133. The highest BCUT2D eigenvalue weighted by Crippen LogP contribution is 2.38. The van der Waals surface area contributed by atoms with Crippen LogP contribution in [0.2, 0.25) is 0 Å². The first-order valence-corrected chi connectivity index (χ1v) is 27.9. The van der Waals surface area contributed by atoms with Crippen LogP contribution in [0.25, 0.3) is 124 Å². The van der Waals surface area contributed by atoms with E-state index in [9.17, 15) is 0 Å². The zero-order valence-corrected chi connectivity index (χ0v) is 48.1. The Hall–Kier alpha value is -9.99. The van der Waals surface area contributed by atoms with Crippen LogP contribution in [-0.2, 0) is 0 Å². The third-order valence-corrected chi connectivity index (χ3v) is 15.3. The molecule has 82 heavy (non-hydrogen) atoms. The summed E-state index contributed by atoms with van der Waals surface area (Å²) in [6.45, 7) is 20.9. The van der Waals surface area contributed by atoms with Crippen molar-refractivity contribution in [3.05, 3.63) is 245 Å². The third kappa shape index (κ3) is 10.2. The first kappa shape index (κ1) is 52.7. The molecule has 0 bridgehead atoms. The van der Waals surface area contributed by atoms with Crippen molar-refractivity contribution in [3.63, 3.8) is 0 Å². The minimum Gasteiger partial charge on any atom is -0.278 e. The minimum absolute atomic E-state index is 0.598. The van der Waals surface area contributed by atoms with Crippen molar-refractivity contribution in [1.29, 1.82) is 0 Å². The topological polar surface area (TPSA) is 99.6 Å². The predicted octanol–water partition coefficient (Wildman–Crippen LogP) is 18.2. The van der Waals surface area contributed by atoms with Gasteiger partial charge in [-0.2, -0.15) is 0 Å². The molecule has 0 amide bonds. The Morgan fingerprint density at radius 2 is 0.646 bits per heavy atom. The Morgan fingerprint density at radius 1 is 0.293 bits per heavy atom. The van der Waals surface area contributed by atoms with Crippen LogP contribution < -0.4 is 0 Å². The SMILES string of the molecule is C/C=C\C.Cc1ccc(-c2nc(-c3cccc(-c4cc(-c5cccc(-c6nc(-c7ccc(C)cc7C)nc(-c7ccc(C)cc7C)n6)c5)cc(-n5c6ccccc6n6c7ccccc7nc56)c4)c3)nc(-c3ccc(C)cc3C)n2)c(C)c1. The summed E-state index contributed by atoms with van der Waals surface area (Å²) in [5.41, 5.74) is 23.9. The zero-order valence-electron chi connectivity index (χ0n) is 48.1. The van der Waals surface area contributed by atoms with E-state index in [1.165, 1.54) is 22.3 Å². The Morgan fingerprint density at radius 3 is 1.05 bits per heavy atom. The smallest absolute Gasteiger partial charge is 0.220 e. The number of hydrogen-bond acceptors (Lipinski definition) is 7. The van der Waals surface area contributed by atoms with Gasteiger partial charge in [0.1, 0.15) is 0 Å². The molecule has 0 aliphatic rings. The molecule has 9 heteroatoms. The largest absolute Gasteiger partial charge is 0.278 e. The molecular weight excluding hydrogens is 1000 g/mol. The van der Waals surface area contributed by atoms with Gasteiger partial charge in [0.15, 0.2) is 34.9 Å². The van der Waals surface area contributed by atoms with Crippen molar-refractivity contribution < 1.29 is 0 Å². The van der Waals surface area contributed by atoms with Crippen LogP contribution >= 0.6 is 0 Å². The van der Waals surface area contributed by atoms with Gasteiger partial charge in [0, 0.05) is 33.4 Å². The van der Waals surface area contributed by atoms with Crippen molar-refractivity contribution in [3.8, 4) is 96.3 Å². The first-order chi connectivity index (χ1) is 39.8. The third-order valence-electron chi connectivity index (χ3n) is 15.3. The van der Waals surface area contributed by atoms with E-state index >= 15 is 0 Å². The number of imidazole rings is 2. The minimum atomic E-state index is 0.598. The molecule has 0 aliphatic carbocycles. The summed E-state index contributed by atoms with van der Waals surface area (Å²) in [4.78, 5) is 36.5. The van der Waals surface area contributed by atoms with E-state index in [1.807, 2.05) is 32.1 Å². The van der Waals surface area contributed by atoms with Gasteiger partial charge < -0.3 is 0 Å². The second-order valence-corrected chi connectivity index (χ2v) is 21.5. The van der Waals surface area contributed by atoms with Crippen LogP contribution in [0, 0.1) is 55.4 Å². The highest BCUT2D eigenvalue weighted by atomic mass is 15.2. The van der Waals surface area contributed by atoms with Gasteiger partial charge in [0.2, 0.25) is 5.78 Å². The van der Waals surface area contributed by atoms with Gasteiger partial charge in [0.25, 0.3) is 0 Å². The average Bonchev–Trinajstić information content (AvgIpc) is 4.19. The second-order valence-electron chi connectivity index (χ2n) is 21.5. The van der Waals surface area contributed by atoms with Crippen molar-refractivity contribution in [1.82, 2.24) is 43.9 Å². The summed E-state index contributed by atoms with van der Waals surface area (Å²) >= 11 is 0. The number of aryl methyl sites for hydroxylation is 8. The Kier molecular flexibility index (Phi) is 14.1. The van der Waals surface area contributed by atoms with Crippen molar-refractivity contribution in [2.24, 2.45) is 0 Å². The molecule has 0 unspecified atom stereocenters. The number of para-hydroxylation sites is 4. The standard InChI is InChI=1S/C69H55N9.C4H8/c1-40-23-27-55(44(5)31-40)65-71-63(72-66(75-65)56-28-24-41(2)32-45(56)6)50-17-13-15-48(35-50)52-37-53(39-54(38-52)77-61-21-11-12-22-62(61)78-60-20-10-9-19-59(60)70-69(77)78)49-16-14-18-51(36-49)64-73-67(57-29-25-42(3)33-46(57)7)76-68(74-64)58-30-26-43(4)34-47(58)8;1-3-4-2/h9-39H,1-8H3;3-4H,1-2H3/b;4-3-. The number of rotatable bonds is 9. The number of fused-ring (bicyclic) bond motifs is 5. The van der Waals surface area contributed by atoms with Crippen molar-refractivity contribution in [2.45, 2.75) is 69.2 Å². The fourth-order valence-corrected chi connectivity index (χ4v) is 11.1. The number of aromatic nitrogens is 9. The van der Waals surface area contributed by atoms with Gasteiger partial charge >= 0.3 is 0 Å². The van der Waals surface area contributed by atoms with Gasteiger partial charge in [-0.15, -0.1) is 0 Å². The second kappa shape index (κ2) is 21.9. The van der Waals surface area contributed by atoms with E-state index in [4.69, 9.17) is 34.9 Å². The Balaban J connectivity index is 0.00000161. The highest BCUT2D eigenvalue weighted by molar-refractivity contribution is 5.93. The molecule has 4 aromatic heterocycles. The van der Waals surface area contributed by atoms with Crippen LogP contribution in [0.1, 0.15) is 58.4 Å². The Bertz CT molecular complexity index is 4300. The summed E-state index contributed by atoms with van der Waals surface area (Å²) in [6, 6.07) is 66.5. The molecular formula is C73H63N9. The first-order valence-electron chi connectivity index (χ1n) is 27.9. The fraction of sp³-hybridized carbons (Fsp3) is 0.137. The van der Waals surface area contributed by atoms with E-state index in [0.717, 1.165) is 111 Å². The van der Waals surface area contributed by atoms with E-state index in [2.05, 4.69) is 246 Å². The summed E-state index contributed by atoms with van der Waals surface area (Å²) in [5, 5.41) is 0. The molecule has 0 atom stereocenters. The number of benzene rings is 9. The van der Waals surface area contributed by atoms with Crippen LogP contribution in [0.5, 0.6) is 0 Å². The molecule has 0 N–H and O–H groups in total. The fourth-order valence-electron chi connectivity index (χ4n) is 11.1. The molecule has 0 saturated heterocycles. The molecule has 0 aliphatic heterocycles. The lowest BCUT2D eigenvalue weighted by molar-refractivity contribution is 1.07. The van der Waals surface area contributed by atoms with Crippen LogP contribution in [0.4, 0.5) is 0 Å². The van der Waals surface area contributed by atoms with E-state index < -0.39 is 0 Å². The van der Waals surface area contributed by atoms with Crippen molar-refractivity contribution >= 4 is 27.8 Å². The monoisotopic (exact) mass is 1070 g/mol. The van der Waals surface area contributed by atoms with E-state index in [0.29, 0.717) is 34.9 Å². The molecule has 0 fully saturated rings. The van der Waals surface area contributed by atoms with Crippen molar-refractivity contribution in [2.75, 3.05) is 0 Å². The lowest BCUT2D eigenvalue weighted by atomic mass is 9.95. The summed E-state index contributed by atoms with van der Waals surface area (Å²) in [5.74, 6) is 4.57. The number of nitrogens with zero attached hydrogens (tertiary/aromatic N) is 9. The zero-order chi connectivity index (χ0) is 56.8. The maximum Gasteiger partial charge on any atom is 0.220 e. The molecule has 400 valence electrons. The van der Waals surface area contributed by atoms with Crippen LogP contribution in [-0.4, -0.2) is 43.9 Å².